The van der Waals surface area contributed by atoms with E-state index in [-0.39, 0.29) is 24.4 Å². The maximum absolute atomic E-state index is 6.13. The van der Waals surface area contributed by atoms with Gasteiger partial charge in [-0.05, 0) is 128 Å². The van der Waals surface area contributed by atoms with Gasteiger partial charge in [0.05, 0.1) is 24.4 Å². The summed E-state index contributed by atoms with van der Waals surface area (Å²) >= 11 is 0. The van der Waals surface area contributed by atoms with E-state index in [1.807, 2.05) is 128 Å². The summed E-state index contributed by atoms with van der Waals surface area (Å²) in [6.45, 7) is 16.0. The van der Waals surface area contributed by atoms with Crippen LogP contribution in [0, 0.1) is 0 Å². The Morgan fingerprint density at radius 2 is 0.643 bits per heavy atom. The van der Waals surface area contributed by atoms with E-state index in [0.717, 1.165) is 49.5 Å². The lowest BCUT2D eigenvalue weighted by atomic mass is 10.1. The van der Waals surface area contributed by atoms with Crippen LogP contribution in [0.4, 0.5) is 0 Å². The van der Waals surface area contributed by atoms with Crippen molar-refractivity contribution in [2.24, 2.45) is 0 Å². The molecule has 7 aromatic rings. The molecular weight excluding hydrogens is 705 g/mol. The second-order valence-corrected chi connectivity index (χ2v) is 15.1. The summed E-state index contributed by atoms with van der Waals surface area (Å²) in [7, 11) is 0. The van der Waals surface area contributed by atoms with Crippen molar-refractivity contribution in [2.45, 2.75) is 79.8 Å². The average molecular weight is 747 g/mol. The minimum absolute atomic E-state index is 0.0124. The fourth-order valence-electron chi connectivity index (χ4n) is 7.09. The Morgan fingerprint density at radius 3 is 1.00 bits per heavy atom. The second-order valence-electron chi connectivity index (χ2n) is 15.1. The summed E-state index contributed by atoms with van der Waals surface area (Å²) in [6.07, 6.45) is -0.0632. The molecule has 0 fully saturated rings. The van der Waals surface area contributed by atoms with Crippen LogP contribution in [-0.4, -0.2) is 64.3 Å². The van der Waals surface area contributed by atoms with Gasteiger partial charge in [0.2, 0.25) is 0 Å². The Balaban J connectivity index is 1.42. The smallest absolute Gasteiger partial charge is 0.164 e. The molecule has 0 amide bonds. The van der Waals surface area contributed by atoms with Gasteiger partial charge in [0.15, 0.2) is 23.3 Å². The number of aromatic amines is 2. The first-order valence-corrected chi connectivity index (χ1v) is 19.0. The van der Waals surface area contributed by atoms with Crippen LogP contribution in [0.1, 0.15) is 55.4 Å². The van der Waals surface area contributed by atoms with Crippen molar-refractivity contribution in [2.75, 3.05) is 0 Å². The van der Waals surface area contributed by atoms with Crippen molar-refractivity contribution in [3.63, 3.8) is 0 Å². The molecule has 8 bridgehead atoms. The summed E-state index contributed by atoms with van der Waals surface area (Å²) in [4.78, 5) is 37.9. The number of rotatable bonds is 8. The molecule has 9 rings (SSSR count). The van der Waals surface area contributed by atoms with E-state index in [2.05, 4.69) is 9.97 Å². The van der Waals surface area contributed by atoms with Gasteiger partial charge in [-0.3, -0.25) is 0 Å². The Kier molecular flexibility index (Phi) is 8.56. The molecule has 0 atom stereocenters. The van der Waals surface area contributed by atoms with Gasteiger partial charge >= 0.3 is 0 Å². The van der Waals surface area contributed by atoms with E-state index >= 15 is 0 Å². The Morgan fingerprint density at radius 1 is 0.339 bits per heavy atom. The monoisotopic (exact) mass is 746 g/mol. The molecule has 2 aliphatic heterocycles. The third-order valence-electron chi connectivity index (χ3n) is 9.20. The van der Waals surface area contributed by atoms with Crippen molar-refractivity contribution in [1.82, 2.24) is 39.9 Å². The molecule has 2 aliphatic rings. The summed E-state index contributed by atoms with van der Waals surface area (Å²) in [5, 5.41) is 3.34. The Hall–Kier alpha value is -6.56. The summed E-state index contributed by atoms with van der Waals surface area (Å²) in [6, 6.07) is 23.6. The maximum atomic E-state index is 6.13. The molecule has 5 heterocycles. The predicted molar refractivity (Wildman–Crippen MR) is 219 cm³/mol. The first-order valence-electron chi connectivity index (χ1n) is 19.0. The fourth-order valence-corrected chi connectivity index (χ4v) is 7.09. The van der Waals surface area contributed by atoms with Crippen molar-refractivity contribution in [1.29, 1.82) is 0 Å². The lowest BCUT2D eigenvalue weighted by Gasteiger charge is -2.10. The van der Waals surface area contributed by atoms with Crippen molar-refractivity contribution < 1.29 is 18.9 Å². The predicted octanol–water partition coefficient (Wildman–Crippen LogP) is 10.0. The number of fused-ring (bicyclic) bond motifs is 20. The standard InChI is InChI=1S/C44H42N8O4/c1-21(2)53-25-9-13-29-33(17-25)41-46-37(29)45-38-30-14-10-26(54-22(3)4)18-34(30)42(47-38)49-40-32-16-12-28(56-24(7)8)20-36(32)44(51-40)52-43-35-19-27(55-23(5)6)11-15-31(35)39(48-41)50-43/h9-24H,1-8H3,(H2,45,46,47,48,49,50,51,52). The second kappa shape index (κ2) is 13.6. The number of hydrogen-bond donors (Lipinski definition) is 2. The molecule has 282 valence electrons. The van der Waals surface area contributed by atoms with E-state index in [1.165, 1.54) is 0 Å². The van der Waals surface area contributed by atoms with E-state index < -0.39 is 0 Å². The molecular formula is C44H42N8O4. The van der Waals surface area contributed by atoms with Gasteiger partial charge in [-0.2, -0.15) is 0 Å². The average Bonchev–Trinajstić information content (AvgIpc) is 3.85. The van der Waals surface area contributed by atoms with Crippen molar-refractivity contribution >= 4 is 44.1 Å². The molecule has 2 N–H and O–H groups in total. The molecule has 12 heteroatoms. The van der Waals surface area contributed by atoms with Gasteiger partial charge in [0.1, 0.15) is 45.6 Å². The van der Waals surface area contributed by atoms with Crippen LogP contribution in [0.15, 0.2) is 72.8 Å². The number of nitrogens with zero attached hydrogens (tertiary/aromatic N) is 6. The van der Waals surface area contributed by atoms with E-state index in [1.54, 1.807) is 0 Å². The van der Waals surface area contributed by atoms with E-state index in [9.17, 15) is 0 Å². The summed E-state index contributed by atoms with van der Waals surface area (Å²) in [5.74, 6) is 4.82. The van der Waals surface area contributed by atoms with Crippen molar-refractivity contribution in [3.8, 4) is 68.5 Å². The molecule has 12 nitrogen and oxygen atoms in total. The van der Waals surface area contributed by atoms with Crippen LogP contribution in [0.5, 0.6) is 23.0 Å². The highest BCUT2D eigenvalue weighted by molar-refractivity contribution is 6.07. The molecule has 0 aliphatic carbocycles. The van der Waals surface area contributed by atoms with Gasteiger partial charge in [-0.15, -0.1) is 0 Å². The van der Waals surface area contributed by atoms with Crippen LogP contribution >= 0.6 is 0 Å². The van der Waals surface area contributed by atoms with Gasteiger partial charge in [0.25, 0.3) is 0 Å². The number of hydrogen-bond acceptors (Lipinski definition) is 10. The zero-order valence-corrected chi connectivity index (χ0v) is 32.6. The number of H-pyrrole nitrogens is 2. The highest BCUT2D eigenvalue weighted by atomic mass is 16.5. The maximum Gasteiger partial charge on any atom is 0.164 e. The van der Waals surface area contributed by atoms with Gasteiger partial charge in [-0.1, -0.05) is 0 Å². The molecule has 56 heavy (non-hydrogen) atoms. The minimum Gasteiger partial charge on any atom is -0.491 e. The highest BCUT2D eigenvalue weighted by Crippen LogP contribution is 2.40. The van der Waals surface area contributed by atoms with E-state index in [4.69, 9.17) is 48.9 Å². The first-order chi connectivity index (χ1) is 26.9. The fraction of sp³-hybridized carbons (Fsp3) is 0.273. The normalized spacial score (nSPS) is 12.2. The SMILES string of the molecule is CC(C)Oc1ccc2c(c1)-c1nc-2nc2[nH]c(nc3nc(nc4[nH]c(n1)c1ccc(OC(C)C)cc41)-c1cc(OC(C)C)ccc1-3)c1cc(OC(C)C)ccc21. The third kappa shape index (κ3) is 6.50. The Bertz CT molecular complexity index is 2860. The zero-order chi connectivity index (χ0) is 38.8. The molecule has 4 aromatic carbocycles. The number of ether oxygens (including phenoxy) is 4. The Labute approximate surface area is 323 Å². The number of aromatic nitrogens is 8. The number of benzene rings is 4. The molecule has 0 spiro atoms. The van der Waals surface area contributed by atoms with Crippen LogP contribution in [0.3, 0.4) is 0 Å². The van der Waals surface area contributed by atoms with Crippen LogP contribution < -0.4 is 18.9 Å². The molecule has 0 unspecified atom stereocenters. The third-order valence-corrected chi connectivity index (χ3v) is 9.20. The van der Waals surface area contributed by atoms with Crippen LogP contribution in [-0.2, 0) is 0 Å². The van der Waals surface area contributed by atoms with Gasteiger partial charge < -0.3 is 28.9 Å². The molecule has 3 aromatic heterocycles. The largest absolute Gasteiger partial charge is 0.491 e. The van der Waals surface area contributed by atoms with Gasteiger partial charge in [0, 0.05) is 43.8 Å². The molecule has 0 radical (unpaired) electrons. The lowest BCUT2D eigenvalue weighted by Crippen LogP contribution is -2.05. The highest BCUT2D eigenvalue weighted by Gasteiger charge is 2.24. The minimum atomic E-state index is -0.0192. The van der Waals surface area contributed by atoms with Crippen molar-refractivity contribution in [3.05, 3.63) is 72.8 Å². The van der Waals surface area contributed by atoms with Crippen LogP contribution in [0.2, 0.25) is 0 Å². The topological polar surface area (TPSA) is 146 Å². The van der Waals surface area contributed by atoms with Crippen LogP contribution in [0.25, 0.3) is 89.7 Å². The zero-order valence-electron chi connectivity index (χ0n) is 32.6. The lowest BCUT2D eigenvalue weighted by molar-refractivity contribution is 0.242. The number of nitrogens with one attached hydrogen (secondary N) is 2. The molecule has 0 saturated carbocycles. The van der Waals surface area contributed by atoms with E-state index in [0.29, 0.717) is 63.1 Å². The summed E-state index contributed by atoms with van der Waals surface area (Å²) < 4.78 is 24.5. The summed E-state index contributed by atoms with van der Waals surface area (Å²) in [5.41, 5.74) is 5.54. The molecule has 0 saturated heterocycles. The quantitative estimate of drug-likeness (QED) is 0.154. The first kappa shape index (κ1) is 35.2. The van der Waals surface area contributed by atoms with Gasteiger partial charge in [-0.25, -0.2) is 29.9 Å².